The quantitative estimate of drug-likeness (QED) is 0.526. The van der Waals surface area contributed by atoms with Gasteiger partial charge in [-0.2, -0.15) is 0 Å². The van der Waals surface area contributed by atoms with Crippen molar-refractivity contribution in [2.75, 3.05) is 21.8 Å². The van der Waals surface area contributed by atoms with Crippen LogP contribution in [0.25, 0.3) is 0 Å². The molecule has 0 fully saturated rings. The lowest BCUT2D eigenvalue weighted by Gasteiger charge is -2.25. The zero-order valence-electron chi connectivity index (χ0n) is 16.0. The summed E-state index contributed by atoms with van der Waals surface area (Å²) < 4.78 is 4.90. The van der Waals surface area contributed by atoms with Gasteiger partial charge in [-0.15, -0.1) is 11.8 Å². The summed E-state index contributed by atoms with van der Waals surface area (Å²) in [5, 5.41) is 8.14. The molecule has 0 aliphatic rings. The van der Waals surface area contributed by atoms with E-state index in [0.29, 0.717) is 18.1 Å². The second kappa shape index (κ2) is 10.3. The molecule has 0 bridgehead atoms. The highest BCUT2D eigenvalue weighted by Gasteiger charge is 2.13. The van der Waals surface area contributed by atoms with Gasteiger partial charge in [-0.25, -0.2) is 0 Å². The first-order valence-corrected chi connectivity index (χ1v) is 10.2. The zero-order valence-corrected chi connectivity index (χ0v) is 16.8. The lowest BCUT2D eigenvalue weighted by molar-refractivity contribution is -0.118. The van der Waals surface area contributed by atoms with Crippen molar-refractivity contribution in [2.24, 2.45) is 0 Å². The number of nitrogens with one attached hydrogen (secondary N) is 2. The molecular weight excluding hydrogens is 388 g/mol. The minimum Gasteiger partial charge on any atom is -0.360 e. The second-order valence-electron chi connectivity index (χ2n) is 6.31. The van der Waals surface area contributed by atoms with Crippen molar-refractivity contribution in [1.82, 2.24) is 10.6 Å². The van der Waals surface area contributed by atoms with Crippen molar-refractivity contribution in [3.05, 3.63) is 78.1 Å². The van der Waals surface area contributed by atoms with E-state index in [-0.39, 0.29) is 23.3 Å². The van der Waals surface area contributed by atoms with Crippen LogP contribution in [0.4, 0.5) is 11.5 Å². The Morgan fingerprint density at radius 2 is 1.66 bits per heavy atom. The predicted octanol–water partition coefficient (Wildman–Crippen LogP) is 3.39. The van der Waals surface area contributed by atoms with E-state index in [0.717, 1.165) is 11.3 Å². The van der Waals surface area contributed by atoms with Gasteiger partial charge in [0, 0.05) is 6.07 Å². The molecule has 29 heavy (non-hydrogen) atoms. The van der Waals surface area contributed by atoms with E-state index in [9.17, 15) is 9.59 Å². The first-order valence-electron chi connectivity index (χ1n) is 9.07. The van der Waals surface area contributed by atoms with Gasteiger partial charge in [0.05, 0.1) is 23.7 Å². The number of amides is 2. The van der Waals surface area contributed by atoms with Crippen LogP contribution in [-0.2, 0) is 16.1 Å². The Labute approximate surface area is 173 Å². The van der Waals surface area contributed by atoms with Gasteiger partial charge in [0.25, 0.3) is 0 Å². The number of nitrogens with zero attached hydrogens (tertiary/aromatic N) is 2. The molecule has 0 atom stereocenters. The van der Waals surface area contributed by atoms with E-state index in [4.69, 9.17) is 4.52 Å². The molecule has 7 nitrogen and oxygen atoms in total. The molecule has 3 aromatic rings. The highest BCUT2D eigenvalue weighted by molar-refractivity contribution is 8.00. The molecule has 0 spiro atoms. The van der Waals surface area contributed by atoms with Crippen molar-refractivity contribution in [3.8, 4) is 0 Å². The molecular formula is C21H22N4O3S. The van der Waals surface area contributed by atoms with Crippen molar-refractivity contribution < 1.29 is 14.1 Å². The van der Waals surface area contributed by atoms with Crippen LogP contribution in [0.3, 0.4) is 0 Å². The van der Waals surface area contributed by atoms with Crippen LogP contribution in [-0.4, -0.2) is 28.5 Å². The van der Waals surface area contributed by atoms with Crippen molar-refractivity contribution in [1.29, 1.82) is 0 Å². The molecule has 2 amide bonds. The van der Waals surface area contributed by atoms with Gasteiger partial charge in [-0.05, 0) is 24.6 Å². The standard InChI is InChI=1S/C21H22N4O3S/c1-16-12-19(24-28-16)22-20(26)14-29-15-21(27)23-25(18-10-6-3-7-11-18)13-17-8-4-2-5-9-17/h2-12H,13-15H2,1H3,(H,23,27)(H,22,24,26). The first-order chi connectivity index (χ1) is 14.1. The molecule has 3 rings (SSSR count). The number of hydrazine groups is 1. The van der Waals surface area contributed by atoms with Crippen molar-refractivity contribution >= 4 is 35.1 Å². The van der Waals surface area contributed by atoms with Crippen LogP contribution in [0.15, 0.2) is 71.3 Å². The van der Waals surface area contributed by atoms with Crippen molar-refractivity contribution in [3.63, 3.8) is 0 Å². The van der Waals surface area contributed by atoms with Gasteiger partial charge in [0.1, 0.15) is 5.76 Å². The Kier molecular flexibility index (Phi) is 7.29. The Balaban J connectivity index is 1.51. The third-order valence-corrected chi connectivity index (χ3v) is 4.81. The van der Waals surface area contributed by atoms with Gasteiger partial charge >= 0.3 is 0 Å². The summed E-state index contributed by atoms with van der Waals surface area (Å²) in [6.07, 6.45) is 0. The number of hydrogen-bond donors (Lipinski definition) is 2. The monoisotopic (exact) mass is 410 g/mol. The SMILES string of the molecule is Cc1cc(NC(=O)CSCC(=O)NN(Cc2ccccc2)c2ccccc2)no1. The van der Waals surface area contributed by atoms with Crippen LogP contribution >= 0.6 is 11.8 Å². The minimum absolute atomic E-state index is 0.142. The molecule has 2 aromatic carbocycles. The van der Waals surface area contributed by atoms with Crippen LogP contribution < -0.4 is 15.8 Å². The molecule has 0 saturated carbocycles. The topological polar surface area (TPSA) is 87.5 Å². The maximum Gasteiger partial charge on any atom is 0.248 e. The average Bonchev–Trinajstić information content (AvgIpc) is 3.13. The average molecular weight is 410 g/mol. The molecule has 0 radical (unpaired) electrons. The van der Waals surface area contributed by atoms with E-state index < -0.39 is 0 Å². The fourth-order valence-electron chi connectivity index (χ4n) is 2.59. The van der Waals surface area contributed by atoms with E-state index in [2.05, 4.69) is 15.9 Å². The minimum atomic E-state index is -0.236. The number of carbonyl (C=O) groups excluding carboxylic acids is 2. The molecule has 8 heteroatoms. The number of aromatic nitrogens is 1. The number of para-hydroxylation sites is 1. The molecule has 2 N–H and O–H groups in total. The molecule has 150 valence electrons. The Morgan fingerprint density at radius 3 is 2.31 bits per heavy atom. The number of benzene rings is 2. The van der Waals surface area contributed by atoms with Crippen LogP contribution in [0.1, 0.15) is 11.3 Å². The molecule has 0 unspecified atom stereocenters. The van der Waals surface area contributed by atoms with Gasteiger partial charge in [-0.3, -0.25) is 20.0 Å². The van der Waals surface area contributed by atoms with E-state index in [1.165, 1.54) is 11.8 Å². The summed E-state index contributed by atoms with van der Waals surface area (Å²) in [4.78, 5) is 24.4. The summed E-state index contributed by atoms with van der Waals surface area (Å²) in [5.41, 5.74) is 4.88. The highest BCUT2D eigenvalue weighted by Crippen LogP contribution is 2.15. The van der Waals surface area contributed by atoms with Crippen LogP contribution in [0, 0.1) is 6.92 Å². The van der Waals surface area contributed by atoms with Gasteiger partial charge in [-0.1, -0.05) is 53.7 Å². The third-order valence-electron chi connectivity index (χ3n) is 3.87. The normalized spacial score (nSPS) is 10.4. The van der Waals surface area contributed by atoms with Crippen LogP contribution in [0.2, 0.25) is 0 Å². The first kappa shape index (κ1) is 20.5. The smallest absolute Gasteiger partial charge is 0.248 e. The summed E-state index contributed by atoms with van der Waals surface area (Å²) >= 11 is 1.23. The molecule has 1 heterocycles. The summed E-state index contributed by atoms with van der Waals surface area (Å²) in [6.45, 7) is 2.28. The fraction of sp³-hybridized carbons (Fsp3) is 0.190. The third kappa shape index (κ3) is 6.69. The van der Waals surface area contributed by atoms with Crippen molar-refractivity contribution in [2.45, 2.75) is 13.5 Å². The summed E-state index contributed by atoms with van der Waals surface area (Å²) in [5.74, 6) is 0.870. The number of anilines is 2. The van der Waals surface area contributed by atoms with Gasteiger partial charge < -0.3 is 9.84 Å². The number of hydrogen-bond acceptors (Lipinski definition) is 6. The van der Waals surface area contributed by atoms with Gasteiger partial charge in [0.2, 0.25) is 11.8 Å². The van der Waals surface area contributed by atoms with E-state index in [1.807, 2.05) is 60.7 Å². The molecule has 0 aliphatic heterocycles. The number of rotatable bonds is 9. The summed E-state index contributed by atoms with van der Waals surface area (Å²) in [7, 11) is 0. The number of aryl methyl sites for hydroxylation is 1. The number of thioether (sulfide) groups is 1. The molecule has 0 saturated heterocycles. The van der Waals surface area contributed by atoms with E-state index in [1.54, 1.807) is 18.0 Å². The van der Waals surface area contributed by atoms with Gasteiger partial charge in [0.15, 0.2) is 5.82 Å². The fourth-order valence-corrected chi connectivity index (χ4v) is 3.20. The second-order valence-corrected chi connectivity index (χ2v) is 7.29. The number of carbonyl (C=O) groups is 2. The van der Waals surface area contributed by atoms with Crippen LogP contribution in [0.5, 0.6) is 0 Å². The summed E-state index contributed by atoms with van der Waals surface area (Å²) in [6, 6.07) is 21.2. The lowest BCUT2D eigenvalue weighted by Crippen LogP contribution is -2.43. The largest absolute Gasteiger partial charge is 0.360 e. The maximum absolute atomic E-state index is 12.4. The Bertz CT molecular complexity index is 931. The molecule has 0 aliphatic carbocycles. The molecule has 1 aromatic heterocycles. The predicted molar refractivity (Wildman–Crippen MR) is 114 cm³/mol. The maximum atomic E-state index is 12.4. The van der Waals surface area contributed by atoms with E-state index >= 15 is 0 Å². The highest BCUT2D eigenvalue weighted by atomic mass is 32.2. The lowest BCUT2D eigenvalue weighted by atomic mass is 10.2. The Morgan fingerprint density at radius 1 is 1.00 bits per heavy atom. The zero-order chi connectivity index (χ0) is 20.5. The Hall–Kier alpha value is -3.26.